The standard InChI is InChI=1S/C11H14N2O2.C2H6/c1-12-11(14)8-3-4-9-10(7-8)15-6-5-13(9)2;1-2/h3-4,7H,5-6H2,1-2H3,(H,12,14);1-2H3. The minimum atomic E-state index is -0.0883. The zero-order valence-corrected chi connectivity index (χ0v) is 10.9. The maximum atomic E-state index is 11.4. The summed E-state index contributed by atoms with van der Waals surface area (Å²) in [7, 11) is 3.63. The van der Waals surface area contributed by atoms with Crippen LogP contribution in [0.4, 0.5) is 5.69 Å². The molecule has 0 spiro atoms. The van der Waals surface area contributed by atoms with Gasteiger partial charge in [-0.15, -0.1) is 0 Å². The number of benzene rings is 1. The highest BCUT2D eigenvalue weighted by Crippen LogP contribution is 2.31. The smallest absolute Gasteiger partial charge is 0.251 e. The molecule has 0 aliphatic carbocycles. The summed E-state index contributed by atoms with van der Waals surface area (Å²) in [6, 6.07) is 5.51. The first-order valence-corrected chi connectivity index (χ1v) is 5.92. The van der Waals surface area contributed by atoms with Crippen LogP contribution >= 0.6 is 0 Å². The van der Waals surface area contributed by atoms with Gasteiger partial charge in [-0.2, -0.15) is 0 Å². The Kier molecular flexibility index (Phi) is 4.82. The number of nitrogens with zero attached hydrogens (tertiary/aromatic N) is 1. The van der Waals surface area contributed by atoms with E-state index < -0.39 is 0 Å². The Hall–Kier alpha value is -1.71. The van der Waals surface area contributed by atoms with Crippen LogP contribution in [0, 0.1) is 0 Å². The lowest BCUT2D eigenvalue weighted by Crippen LogP contribution is -2.29. The quantitative estimate of drug-likeness (QED) is 0.809. The van der Waals surface area contributed by atoms with E-state index in [4.69, 9.17) is 4.74 Å². The Morgan fingerprint density at radius 2 is 2.12 bits per heavy atom. The highest BCUT2D eigenvalue weighted by molar-refractivity contribution is 5.95. The summed E-state index contributed by atoms with van der Waals surface area (Å²) in [4.78, 5) is 13.5. The van der Waals surface area contributed by atoms with Crippen molar-refractivity contribution >= 4 is 11.6 Å². The summed E-state index contributed by atoms with van der Waals surface area (Å²) in [6.07, 6.45) is 0. The number of hydrogen-bond donors (Lipinski definition) is 1. The topological polar surface area (TPSA) is 41.6 Å². The van der Waals surface area contributed by atoms with Crippen LogP contribution in [-0.2, 0) is 0 Å². The van der Waals surface area contributed by atoms with E-state index in [1.807, 2.05) is 33.0 Å². The van der Waals surface area contributed by atoms with E-state index in [9.17, 15) is 4.79 Å². The Morgan fingerprint density at radius 3 is 2.76 bits per heavy atom. The third kappa shape index (κ3) is 2.90. The molecular formula is C13H20N2O2. The van der Waals surface area contributed by atoms with Crippen LogP contribution < -0.4 is 15.0 Å². The number of ether oxygens (including phenoxy) is 1. The number of anilines is 1. The normalized spacial score (nSPS) is 12.8. The van der Waals surface area contributed by atoms with E-state index in [1.165, 1.54) is 0 Å². The number of fused-ring (bicyclic) bond motifs is 1. The average Bonchev–Trinajstić information content (AvgIpc) is 2.40. The van der Waals surface area contributed by atoms with Gasteiger partial charge in [-0.25, -0.2) is 0 Å². The Labute approximate surface area is 103 Å². The summed E-state index contributed by atoms with van der Waals surface area (Å²) in [6.45, 7) is 5.55. The predicted octanol–water partition coefficient (Wildman–Crippen LogP) is 1.90. The molecule has 0 aromatic heterocycles. The summed E-state index contributed by atoms with van der Waals surface area (Å²) in [5, 5.41) is 2.59. The van der Waals surface area contributed by atoms with Crippen LogP contribution in [0.2, 0.25) is 0 Å². The van der Waals surface area contributed by atoms with E-state index in [0.29, 0.717) is 12.2 Å². The highest BCUT2D eigenvalue weighted by atomic mass is 16.5. The molecule has 0 atom stereocenters. The van der Waals surface area contributed by atoms with Gasteiger partial charge < -0.3 is 15.0 Å². The van der Waals surface area contributed by atoms with Crippen LogP contribution in [0.25, 0.3) is 0 Å². The Balaban J connectivity index is 0.000000686. The number of amides is 1. The van der Waals surface area contributed by atoms with Crippen LogP contribution in [-0.4, -0.2) is 33.2 Å². The molecule has 0 saturated carbocycles. The van der Waals surface area contributed by atoms with Crippen molar-refractivity contribution in [3.63, 3.8) is 0 Å². The predicted molar refractivity (Wildman–Crippen MR) is 69.9 cm³/mol. The van der Waals surface area contributed by atoms with Crippen molar-refractivity contribution in [3.8, 4) is 5.75 Å². The van der Waals surface area contributed by atoms with E-state index in [0.717, 1.165) is 18.0 Å². The second-order valence-electron chi connectivity index (χ2n) is 3.53. The molecule has 0 saturated heterocycles. The van der Waals surface area contributed by atoms with Gasteiger partial charge in [-0.1, -0.05) is 13.8 Å². The molecule has 0 bridgehead atoms. The number of rotatable bonds is 1. The van der Waals surface area contributed by atoms with Gasteiger partial charge in [0.1, 0.15) is 12.4 Å². The largest absolute Gasteiger partial charge is 0.490 e. The molecule has 1 aromatic carbocycles. The fraction of sp³-hybridized carbons (Fsp3) is 0.462. The van der Waals surface area contributed by atoms with Crippen molar-refractivity contribution in [1.82, 2.24) is 5.32 Å². The van der Waals surface area contributed by atoms with Gasteiger partial charge >= 0.3 is 0 Å². The molecule has 2 rings (SSSR count). The first kappa shape index (κ1) is 13.4. The van der Waals surface area contributed by atoms with Crippen molar-refractivity contribution in [1.29, 1.82) is 0 Å². The van der Waals surface area contributed by atoms with Crippen molar-refractivity contribution in [2.75, 3.05) is 32.1 Å². The monoisotopic (exact) mass is 236 g/mol. The Bertz CT molecular complexity index is 391. The van der Waals surface area contributed by atoms with Crippen molar-refractivity contribution in [2.45, 2.75) is 13.8 Å². The first-order chi connectivity index (χ1) is 8.22. The van der Waals surface area contributed by atoms with Gasteiger partial charge in [-0.3, -0.25) is 4.79 Å². The lowest BCUT2D eigenvalue weighted by Gasteiger charge is -2.27. The zero-order chi connectivity index (χ0) is 12.8. The third-order valence-corrected chi connectivity index (χ3v) is 2.54. The van der Waals surface area contributed by atoms with Crippen LogP contribution in [0.1, 0.15) is 24.2 Å². The molecule has 1 amide bonds. The SMILES string of the molecule is CC.CNC(=O)c1ccc2c(c1)OCCN2C. The first-order valence-electron chi connectivity index (χ1n) is 5.92. The summed E-state index contributed by atoms with van der Waals surface area (Å²) in [5.74, 6) is 0.694. The molecule has 1 N–H and O–H groups in total. The second-order valence-corrected chi connectivity index (χ2v) is 3.53. The number of hydrogen-bond acceptors (Lipinski definition) is 3. The molecule has 1 aliphatic heterocycles. The zero-order valence-electron chi connectivity index (χ0n) is 10.9. The van der Waals surface area contributed by atoms with Crippen LogP contribution in [0.15, 0.2) is 18.2 Å². The molecule has 1 aromatic rings. The molecule has 0 radical (unpaired) electrons. The van der Waals surface area contributed by atoms with Crippen LogP contribution in [0.5, 0.6) is 5.75 Å². The minimum absolute atomic E-state index is 0.0883. The Morgan fingerprint density at radius 1 is 1.41 bits per heavy atom. The number of nitrogens with one attached hydrogen (secondary N) is 1. The molecular weight excluding hydrogens is 216 g/mol. The van der Waals surface area contributed by atoms with E-state index in [-0.39, 0.29) is 5.91 Å². The molecule has 1 aliphatic rings. The average molecular weight is 236 g/mol. The van der Waals surface area contributed by atoms with Crippen molar-refractivity contribution in [2.24, 2.45) is 0 Å². The number of carbonyl (C=O) groups is 1. The van der Waals surface area contributed by atoms with Gasteiger partial charge in [0, 0.05) is 19.7 Å². The van der Waals surface area contributed by atoms with Crippen molar-refractivity contribution < 1.29 is 9.53 Å². The molecule has 1 heterocycles. The maximum Gasteiger partial charge on any atom is 0.251 e. The molecule has 4 heteroatoms. The summed E-state index contributed by atoms with van der Waals surface area (Å²) >= 11 is 0. The third-order valence-electron chi connectivity index (χ3n) is 2.54. The number of likely N-dealkylation sites (N-methyl/N-ethyl adjacent to an activating group) is 1. The maximum absolute atomic E-state index is 11.4. The lowest BCUT2D eigenvalue weighted by atomic mass is 10.1. The van der Waals surface area contributed by atoms with Crippen molar-refractivity contribution in [3.05, 3.63) is 23.8 Å². The summed E-state index contributed by atoms with van der Waals surface area (Å²) in [5.41, 5.74) is 1.67. The summed E-state index contributed by atoms with van der Waals surface area (Å²) < 4.78 is 5.51. The van der Waals surface area contributed by atoms with Gasteiger partial charge in [0.25, 0.3) is 5.91 Å². The molecule has 0 unspecified atom stereocenters. The van der Waals surface area contributed by atoms with E-state index in [2.05, 4.69) is 10.2 Å². The molecule has 0 fully saturated rings. The molecule has 4 nitrogen and oxygen atoms in total. The van der Waals surface area contributed by atoms with E-state index >= 15 is 0 Å². The minimum Gasteiger partial charge on any atom is -0.490 e. The van der Waals surface area contributed by atoms with E-state index in [1.54, 1.807) is 13.1 Å². The van der Waals surface area contributed by atoms with Gasteiger partial charge in [0.05, 0.1) is 12.2 Å². The second kappa shape index (κ2) is 6.13. The van der Waals surface area contributed by atoms with Gasteiger partial charge in [0.15, 0.2) is 0 Å². The fourth-order valence-corrected chi connectivity index (χ4v) is 1.64. The molecule has 94 valence electrons. The lowest BCUT2D eigenvalue weighted by molar-refractivity contribution is 0.0962. The van der Waals surface area contributed by atoms with Gasteiger partial charge in [0.2, 0.25) is 0 Å². The van der Waals surface area contributed by atoms with Crippen LogP contribution in [0.3, 0.4) is 0 Å². The highest BCUT2D eigenvalue weighted by Gasteiger charge is 2.16. The van der Waals surface area contributed by atoms with Gasteiger partial charge in [-0.05, 0) is 18.2 Å². The fourth-order valence-electron chi connectivity index (χ4n) is 1.64. The molecule has 17 heavy (non-hydrogen) atoms. The number of carbonyl (C=O) groups excluding carboxylic acids is 1.